The van der Waals surface area contributed by atoms with Crippen molar-refractivity contribution in [3.05, 3.63) is 64.9 Å². The minimum absolute atomic E-state index is 0.314. The van der Waals surface area contributed by atoms with Gasteiger partial charge in [-0.05, 0) is 48.5 Å². The zero-order valence-corrected chi connectivity index (χ0v) is 15.8. The molecule has 134 valence electrons. The van der Waals surface area contributed by atoms with Crippen molar-refractivity contribution in [1.29, 1.82) is 0 Å². The number of hydrogen-bond donors (Lipinski definition) is 2. The Labute approximate surface area is 161 Å². The van der Waals surface area contributed by atoms with Gasteiger partial charge in [-0.2, -0.15) is 4.98 Å². The van der Waals surface area contributed by atoms with Crippen molar-refractivity contribution in [1.82, 2.24) is 15.0 Å². The van der Waals surface area contributed by atoms with E-state index in [1.54, 1.807) is 7.11 Å². The summed E-state index contributed by atoms with van der Waals surface area (Å²) in [5.41, 5.74) is 11.7. The zero-order valence-electron chi connectivity index (χ0n) is 15.0. The molecule has 0 aliphatic carbocycles. The van der Waals surface area contributed by atoms with E-state index in [1.165, 1.54) is 5.56 Å². The molecule has 0 fully saturated rings. The van der Waals surface area contributed by atoms with Crippen LogP contribution in [0.1, 0.15) is 5.56 Å². The highest BCUT2D eigenvalue weighted by Crippen LogP contribution is 2.34. The first-order chi connectivity index (χ1) is 13.0. The van der Waals surface area contributed by atoms with Gasteiger partial charge in [0.2, 0.25) is 0 Å². The molecule has 0 saturated carbocycles. The van der Waals surface area contributed by atoms with Gasteiger partial charge in [-0.1, -0.05) is 42.0 Å². The molecule has 0 atom stereocenters. The van der Waals surface area contributed by atoms with E-state index in [9.17, 15) is 0 Å². The fraction of sp³-hybridized carbons (Fsp3) is 0.0952. The molecule has 0 spiro atoms. The Morgan fingerprint density at radius 3 is 2.30 bits per heavy atom. The van der Waals surface area contributed by atoms with E-state index in [-0.39, 0.29) is 0 Å². The Morgan fingerprint density at radius 1 is 0.963 bits per heavy atom. The summed E-state index contributed by atoms with van der Waals surface area (Å²) in [5.74, 6) is 1.25. The van der Waals surface area contributed by atoms with Crippen molar-refractivity contribution < 1.29 is 4.74 Å². The van der Waals surface area contributed by atoms with Crippen LogP contribution in [-0.4, -0.2) is 22.1 Å². The summed E-state index contributed by atoms with van der Waals surface area (Å²) in [6.07, 6.45) is 0. The standard InChI is InChI=1S/C21H18N4OS/c1-12-3-5-14(6-4-12)17-11-16(13-7-9-15(26-2)10-8-13)18-19(22)24-21(27)25-20(18)23-17/h3-11H,1-2H3,(H3,22,23,24,25,27). The van der Waals surface area contributed by atoms with E-state index in [4.69, 9.17) is 27.7 Å². The summed E-state index contributed by atoms with van der Waals surface area (Å²) in [6.45, 7) is 2.06. The predicted molar refractivity (Wildman–Crippen MR) is 111 cm³/mol. The lowest BCUT2D eigenvalue weighted by Crippen LogP contribution is -2.00. The average molecular weight is 374 g/mol. The van der Waals surface area contributed by atoms with Crippen LogP contribution in [0.4, 0.5) is 5.82 Å². The third-order valence-electron chi connectivity index (χ3n) is 4.47. The Bertz CT molecular complexity index is 1180. The molecule has 2 aromatic carbocycles. The second kappa shape index (κ2) is 6.81. The van der Waals surface area contributed by atoms with Crippen LogP contribution in [0.3, 0.4) is 0 Å². The summed E-state index contributed by atoms with van der Waals surface area (Å²) in [4.78, 5) is 12.0. The number of nitrogens with zero attached hydrogens (tertiary/aromatic N) is 2. The van der Waals surface area contributed by atoms with Crippen LogP contribution < -0.4 is 10.5 Å². The fourth-order valence-corrected chi connectivity index (χ4v) is 3.25. The van der Waals surface area contributed by atoms with Crippen LogP contribution in [0, 0.1) is 11.7 Å². The molecule has 3 N–H and O–H groups in total. The molecule has 0 aliphatic rings. The third-order valence-corrected chi connectivity index (χ3v) is 4.66. The highest BCUT2D eigenvalue weighted by molar-refractivity contribution is 7.71. The van der Waals surface area contributed by atoms with Crippen LogP contribution in [-0.2, 0) is 0 Å². The Hall–Kier alpha value is -3.25. The smallest absolute Gasteiger partial charge is 0.200 e. The number of aromatic amines is 1. The lowest BCUT2D eigenvalue weighted by molar-refractivity contribution is 0.415. The SMILES string of the molecule is COc1ccc(-c2cc(-c3ccc(C)cc3)nc3nc(=S)[nH]c(N)c23)cc1. The molecular formula is C21H18N4OS. The summed E-state index contributed by atoms with van der Waals surface area (Å²) in [6, 6.07) is 18.1. The number of nitrogens with two attached hydrogens (primary N) is 1. The van der Waals surface area contributed by atoms with Crippen molar-refractivity contribution in [2.45, 2.75) is 6.92 Å². The van der Waals surface area contributed by atoms with Gasteiger partial charge in [-0.15, -0.1) is 0 Å². The highest BCUT2D eigenvalue weighted by atomic mass is 32.1. The van der Waals surface area contributed by atoms with Crippen molar-refractivity contribution in [2.75, 3.05) is 12.8 Å². The Kier molecular flexibility index (Phi) is 4.33. The lowest BCUT2D eigenvalue weighted by atomic mass is 9.99. The number of rotatable bonds is 3. The molecule has 27 heavy (non-hydrogen) atoms. The molecule has 0 unspecified atom stereocenters. The number of benzene rings is 2. The summed E-state index contributed by atoms with van der Waals surface area (Å²) >= 11 is 5.19. The van der Waals surface area contributed by atoms with Crippen molar-refractivity contribution >= 4 is 29.1 Å². The topological polar surface area (TPSA) is 76.8 Å². The van der Waals surface area contributed by atoms with Crippen molar-refractivity contribution in [3.63, 3.8) is 0 Å². The van der Waals surface area contributed by atoms with E-state index in [0.717, 1.165) is 33.5 Å². The molecule has 0 radical (unpaired) electrons. The second-order valence-electron chi connectivity index (χ2n) is 6.30. The average Bonchev–Trinajstić information content (AvgIpc) is 2.67. The quantitative estimate of drug-likeness (QED) is 0.498. The van der Waals surface area contributed by atoms with Crippen LogP contribution >= 0.6 is 12.2 Å². The normalized spacial score (nSPS) is 10.9. The van der Waals surface area contributed by atoms with Gasteiger partial charge in [0.25, 0.3) is 0 Å². The number of fused-ring (bicyclic) bond motifs is 1. The third kappa shape index (κ3) is 3.27. The molecule has 2 aromatic heterocycles. The molecule has 4 rings (SSSR count). The number of ether oxygens (including phenoxy) is 1. The van der Waals surface area contributed by atoms with Gasteiger partial charge < -0.3 is 15.5 Å². The maximum Gasteiger partial charge on any atom is 0.200 e. The van der Waals surface area contributed by atoms with Gasteiger partial charge in [0.1, 0.15) is 11.6 Å². The first kappa shape index (κ1) is 17.2. The van der Waals surface area contributed by atoms with E-state index in [0.29, 0.717) is 16.2 Å². The Balaban J connectivity index is 2.01. The molecule has 0 aliphatic heterocycles. The van der Waals surface area contributed by atoms with Crippen LogP contribution in [0.2, 0.25) is 0 Å². The minimum atomic E-state index is 0.314. The number of pyridine rings is 1. The van der Waals surface area contributed by atoms with Gasteiger partial charge in [-0.3, -0.25) is 0 Å². The van der Waals surface area contributed by atoms with Gasteiger partial charge in [0, 0.05) is 5.56 Å². The molecule has 0 saturated heterocycles. The van der Waals surface area contributed by atoms with E-state index in [2.05, 4.69) is 29.0 Å². The number of aryl methyl sites for hydroxylation is 1. The van der Waals surface area contributed by atoms with Crippen LogP contribution in [0.5, 0.6) is 5.75 Å². The molecule has 5 nitrogen and oxygen atoms in total. The summed E-state index contributed by atoms with van der Waals surface area (Å²) < 4.78 is 5.58. The largest absolute Gasteiger partial charge is 0.497 e. The van der Waals surface area contributed by atoms with Gasteiger partial charge in [-0.25, -0.2) is 4.98 Å². The molecule has 4 aromatic rings. The number of nitrogens with one attached hydrogen (secondary N) is 1. The number of aromatic nitrogens is 3. The molecule has 6 heteroatoms. The lowest BCUT2D eigenvalue weighted by Gasteiger charge is -2.12. The van der Waals surface area contributed by atoms with Gasteiger partial charge >= 0.3 is 0 Å². The number of nitrogen functional groups attached to an aromatic ring is 1. The van der Waals surface area contributed by atoms with Crippen LogP contribution in [0.15, 0.2) is 54.6 Å². The van der Waals surface area contributed by atoms with E-state index >= 15 is 0 Å². The number of hydrogen-bond acceptors (Lipinski definition) is 5. The second-order valence-corrected chi connectivity index (χ2v) is 6.69. The van der Waals surface area contributed by atoms with Crippen molar-refractivity contribution in [2.24, 2.45) is 0 Å². The van der Waals surface area contributed by atoms with E-state index in [1.807, 2.05) is 42.5 Å². The zero-order chi connectivity index (χ0) is 19.0. The first-order valence-corrected chi connectivity index (χ1v) is 8.88. The van der Waals surface area contributed by atoms with Crippen LogP contribution in [0.25, 0.3) is 33.4 Å². The first-order valence-electron chi connectivity index (χ1n) is 8.47. The summed E-state index contributed by atoms with van der Waals surface area (Å²) in [5, 5.41) is 0.754. The number of anilines is 1. The molecular weight excluding hydrogens is 356 g/mol. The highest BCUT2D eigenvalue weighted by Gasteiger charge is 2.14. The molecule has 0 amide bonds. The fourth-order valence-electron chi connectivity index (χ4n) is 3.05. The molecule has 2 heterocycles. The number of methoxy groups -OCH3 is 1. The van der Waals surface area contributed by atoms with Gasteiger partial charge in [0.05, 0.1) is 18.2 Å². The number of H-pyrrole nitrogens is 1. The summed E-state index contributed by atoms with van der Waals surface area (Å²) in [7, 11) is 1.65. The maximum atomic E-state index is 6.23. The van der Waals surface area contributed by atoms with Gasteiger partial charge in [0.15, 0.2) is 10.4 Å². The van der Waals surface area contributed by atoms with E-state index < -0.39 is 0 Å². The Morgan fingerprint density at radius 2 is 1.63 bits per heavy atom. The minimum Gasteiger partial charge on any atom is -0.497 e. The predicted octanol–water partition coefficient (Wildman–Crippen LogP) is 4.92. The monoisotopic (exact) mass is 374 g/mol. The molecule has 0 bridgehead atoms. The maximum absolute atomic E-state index is 6.23. The van der Waals surface area contributed by atoms with Crippen molar-refractivity contribution in [3.8, 4) is 28.1 Å².